The van der Waals surface area contributed by atoms with Crippen LogP contribution < -0.4 is 5.32 Å². The van der Waals surface area contributed by atoms with Crippen LogP contribution >= 0.6 is 24.4 Å². The van der Waals surface area contributed by atoms with Crippen molar-refractivity contribution in [2.45, 2.75) is 25.3 Å². The summed E-state index contributed by atoms with van der Waals surface area (Å²) >= 11 is 5.95. The maximum absolute atomic E-state index is 12.7. The molecule has 0 unspecified atom stereocenters. The Hall–Kier alpha value is -1.14. The topological polar surface area (TPSA) is 66.4 Å². The minimum Gasteiger partial charge on any atom is -0.480 e. The van der Waals surface area contributed by atoms with Gasteiger partial charge in [0.1, 0.15) is 6.04 Å². The number of amides is 1. The van der Waals surface area contributed by atoms with Crippen molar-refractivity contribution in [1.82, 2.24) is 5.32 Å². The summed E-state index contributed by atoms with van der Waals surface area (Å²) in [6, 6.07) is 7.14. The van der Waals surface area contributed by atoms with Gasteiger partial charge in [-0.25, -0.2) is 4.79 Å². The van der Waals surface area contributed by atoms with Gasteiger partial charge in [-0.1, -0.05) is 24.3 Å². The number of thioether (sulfide) groups is 1. The van der Waals surface area contributed by atoms with Gasteiger partial charge < -0.3 is 10.4 Å². The van der Waals surface area contributed by atoms with Crippen molar-refractivity contribution < 1.29 is 14.7 Å². The normalized spacial score (nSPS) is 16.8. The van der Waals surface area contributed by atoms with Crippen LogP contribution in [0.3, 0.4) is 0 Å². The molecule has 0 aliphatic heterocycles. The molecule has 4 nitrogen and oxygen atoms in total. The van der Waals surface area contributed by atoms with E-state index >= 15 is 0 Å². The van der Waals surface area contributed by atoms with Crippen molar-refractivity contribution in [2.24, 2.45) is 5.41 Å². The third-order valence-electron chi connectivity index (χ3n) is 4.17. The summed E-state index contributed by atoms with van der Waals surface area (Å²) < 4.78 is 0. The van der Waals surface area contributed by atoms with Crippen LogP contribution in [0.4, 0.5) is 0 Å². The number of fused-ring (bicyclic) bond motifs is 1. The van der Waals surface area contributed by atoms with E-state index in [1.165, 1.54) is 0 Å². The first kappa shape index (κ1) is 17.2. The summed E-state index contributed by atoms with van der Waals surface area (Å²) in [5.74, 6) is -0.0762. The van der Waals surface area contributed by atoms with Crippen LogP contribution in [0.5, 0.6) is 0 Å². The number of thiol groups is 1. The Kier molecular flexibility index (Phi) is 5.81. The molecule has 1 aromatic carbocycles. The van der Waals surface area contributed by atoms with Gasteiger partial charge in [-0.15, -0.1) is 0 Å². The summed E-state index contributed by atoms with van der Waals surface area (Å²) in [7, 11) is 0. The lowest BCUT2D eigenvalue weighted by atomic mass is 9.85. The fourth-order valence-electron chi connectivity index (χ4n) is 2.84. The first-order valence-corrected chi connectivity index (χ1v) is 9.25. The molecule has 6 heteroatoms. The zero-order chi connectivity index (χ0) is 16.2. The number of nitrogens with one attached hydrogen (secondary N) is 1. The van der Waals surface area contributed by atoms with Crippen LogP contribution in [0, 0.1) is 5.41 Å². The summed E-state index contributed by atoms with van der Waals surface area (Å²) in [4.78, 5) is 24.0. The Balaban J connectivity index is 2.11. The quantitative estimate of drug-likeness (QED) is 0.665. The molecule has 0 aromatic heterocycles. The van der Waals surface area contributed by atoms with Crippen LogP contribution in [0.1, 0.15) is 17.5 Å². The van der Waals surface area contributed by atoms with Crippen molar-refractivity contribution in [2.75, 3.05) is 17.8 Å². The molecular formula is C16H21NO3S2. The molecule has 1 atom stereocenters. The first-order chi connectivity index (χ1) is 10.5. The molecule has 22 heavy (non-hydrogen) atoms. The molecule has 120 valence electrons. The number of carboxylic acid groups (broad SMARTS) is 1. The minimum absolute atomic E-state index is 0.202. The first-order valence-electron chi connectivity index (χ1n) is 7.23. The number of carbonyl (C=O) groups is 2. The van der Waals surface area contributed by atoms with Gasteiger partial charge in [0.05, 0.1) is 5.41 Å². The van der Waals surface area contributed by atoms with Crippen LogP contribution in [0.25, 0.3) is 0 Å². The molecule has 0 radical (unpaired) electrons. The van der Waals surface area contributed by atoms with Gasteiger partial charge in [0.15, 0.2) is 0 Å². The van der Waals surface area contributed by atoms with Crippen LogP contribution in [0.2, 0.25) is 0 Å². The lowest BCUT2D eigenvalue weighted by molar-refractivity contribution is -0.143. The molecule has 0 saturated heterocycles. The molecule has 1 aliphatic carbocycles. The predicted molar refractivity (Wildman–Crippen MR) is 92.7 cm³/mol. The second kappa shape index (κ2) is 7.42. The van der Waals surface area contributed by atoms with Crippen molar-refractivity contribution >= 4 is 36.3 Å². The fraction of sp³-hybridized carbons (Fsp3) is 0.500. The van der Waals surface area contributed by atoms with E-state index in [0.717, 1.165) is 11.1 Å². The van der Waals surface area contributed by atoms with Crippen LogP contribution in [0.15, 0.2) is 24.3 Å². The molecule has 1 aliphatic rings. The van der Waals surface area contributed by atoms with E-state index in [0.29, 0.717) is 30.8 Å². The standard InChI is InChI=1S/C16H21NO3S2/c1-22-7-6-13(14(18)19)17-15(20)16(10-21)8-11-4-2-3-5-12(11)9-16/h2-5,13,21H,6-10H2,1H3,(H,17,20)(H,18,19)/t13-/m0/s1. The summed E-state index contributed by atoms with van der Waals surface area (Å²) in [6.07, 6.45) is 3.59. The lowest BCUT2D eigenvalue weighted by Crippen LogP contribution is -2.50. The van der Waals surface area contributed by atoms with Crippen LogP contribution in [-0.4, -0.2) is 40.8 Å². The zero-order valence-electron chi connectivity index (χ0n) is 12.5. The van der Waals surface area contributed by atoms with Gasteiger partial charge >= 0.3 is 5.97 Å². The molecule has 0 bridgehead atoms. The summed E-state index contributed by atoms with van der Waals surface area (Å²) in [5, 5.41) is 12.0. The molecule has 0 fully saturated rings. The van der Waals surface area contributed by atoms with E-state index in [4.69, 9.17) is 0 Å². The van der Waals surface area contributed by atoms with Crippen molar-refractivity contribution in [1.29, 1.82) is 0 Å². The monoisotopic (exact) mass is 339 g/mol. The van der Waals surface area contributed by atoms with E-state index < -0.39 is 17.4 Å². The number of aliphatic carboxylic acids is 1. The van der Waals surface area contributed by atoms with Gasteiger partial charge in [0.2, 0.25) is 5.91 Å². The third-order valence-corrected chi connectivity index (χ3v) is 5.42. The fourth-order valence-corrected chi connectivity index (χ4v) is 3.68. The Morgan fingerprint density at radius 1 is 1.36 bits per heavy atom. The van der Waals surface area contributed by atoms with Crippen LogP contribution in [-0.2, 0) is 22.4 Å². The molecule has 1 aromatic rings. The largest absolute Gasteiger partial charge is 0.480 e. The highest BCUT2D eigenvalue weighted by molar-refractivity contribution is 7.98. The number of hydrogen-bond donors (Lipinski definition) is 3. The average molecular weight is 339 g/mol. The Bertz CT molecular complexity index is 537. The molecule has 1 amide bonds. The smallest absolute Gasteiger partial charge is 0.326 e. The summed E-state index contributed by atoms with van der Waals surface area (Å²) in [5.41, 5.74) is 1.67. The maximum Gasteiger partial charge on any atom is 0.326 e. The molecule has 0 heterocycles. The van der Waals surface area contributed by atoms with E-state index in [9.17, 15) is 14.7 Å². The maximum atomic E-state index is 12.7. The molecule has 0 saturated carbocycles. The van der Waals surface area contributed by atoms with Gasteiger partial charge in [-0.05, 0) is 42.4 Å². The van der Waals surface area contributed by atoms with Gasteiger partial charge in [-0.3, -0.25) is 4.79 Å². The van der Waals surface area contributed by atoms with Gasteiger partial charge in [-0.2, -0.15) is 24.4 Å². The van der Waals surface area contributed by atoms with E-state index in [1.54, 1.807) is 11.8 Å². The summed E-state index contributed by atoms with van der Waals surface area (Å²) in [6.45, 7) is 0. The number of carbonyl (C=O) groups excluding carboxylic acids is 1. The number of benzene rings is 1. The van der Waals surface area contributed by atoms with Crippen molar-refractivity contribution in [3.63, 3.8) is 0 Å². The molecule has 2 rings (SSSR count). The number of hydrogen-bond acceptors (Lipinski definition) is 4. The Morgan fingerprint density at radius 2 is 1.95 bits per heavy atom. The molecular weight excluding hydrogens is 318 g/mol. The van der Waals surface area contributed by atoms with Crippen molar-refractivity contribution in [3.05, 3.63) is 35.4 Å². The van der Waals surface area contributed by atoms with E-state index in [2.05, 4.69) is 17.9 Å². The highest BCUT2D eigenvalue weighted by Gasteiger charge is 2.43. The minimum atomic E-state index is -0.979. The zero-order valence-corrected chi connectivity index (χ0v) is 14.3. The second-order valence-corrected chi connectivity index (χ2v) is 7.01. The van der Waals surface area contributed by atoms with Crippen molar-refractivity contribution in [3.8, 4) is 0 Å². The SMILES string of the molecule is CSCC[C@H](NC(=O)C1(CS)Cc2ccccc2C1)C(=O)O. The lowest BCUT2D eigenvalue weighted by Gasteiger charge is -2.27. The highest BCUT2D eigenvalue weighted by Crippen LogP contribution is 2.38. The van der Waals surface area contributed by atoms with E-state index in [-0.39, 0.29) is 5.91 Å². The average Bonchev–Trinajstić information content (AvgIpc) is 2.91. The number of rotatable bonds is 7. The number of carboxylic acids is 1. The van der Waals surface area contributed by atoms with E-state index in [1.807, 2.05) is 30.5 Å². The molecule has 2 N–H and O–H groups in total. The van der Waals surface area contributed by atoms with Gasteiger partial charge in [0.25, 0.3) is 0 Å². The Labute approximate surface area is 140 Å². The predicted octanol–water partition coefficient (Wildman–Crippen LogP) is 2.02. The molecule has 0 spiro atoms. The van der Waals surface area contributed by atoms with Gasteiger partial charge in [0, 0.05) is 5.75 Å². The second-order valence-electron chi connectivity index (χ2n) is 5.71. The Morgan fingerprint density at radius 3 is 2.41 bits per heavy atom. The highest BCUT2D eigenvalue weighted by atomic mass is 32.2. The third kappa shape index (κ3) is 3.60.